The molecular weight excluding hydrogens is 716 g/mol. The van der Waals surface area contributed by atoms with Gasteiger partial charge in [-0.05, 0) is 77.2 Å². The molecule has 2 aromatic heterocycles. The molecule has 8 heteroatoms. The van der Waals surface area contributed by atoms with Crippen LogP contribution < -0.4 is 0 Å². The Morgan fingerprint density at radius 3 is 1.91 bits per heavy atom. The zero-order valence-electron chi connectivity index (χ0n) is 30.3. The van der Waals surface area contributed by atoms with Crippen LogP contribution in [0.15, 0.2) is 152 Å². The number of halogens is 3. The maximum absolute atomic E-state index is 13.9. The number of rotatable bonds is 5. The van der Waals surface area contributed by atoms with Crippen molar-refractivity contribution in [1.29, 1.82) is 5.26 Å². The molecule has 0 N–H and O–H groups in total. The summed E-state index contributed by atoms with van der Waals surface area (Å²) in [4.78, 5) is 19.7. The second-order valence-electron chi connectivity index (χ2n) is 13.8. The van der Waals surface area contributed by atoms with Crippen molar-refractivity contribution in [1.82, 2.24) is 15.0 Å². The van der Waals surface area contributed by atoms with Gasteiger partial charge in [0.15, 0.2) is 5.69 Å². The molecule has 0 saturated heterocycles. The predicted molar refractivity (Wildman–Crippen MR) is 220 cm³/mol. The average Bonchev–Trinajstić information content (AvgIpc) is 3.25. The molecule has 0 aliphatic carbocycles. The van der Waals surface area contributed by atoms with Gasteiger partial charge in [0, 0.05) is 32.8 Å². The van der Waals surface area contributed by atoms with E-state index in [9.17, 15) is 18.4 Å². The third-order valence-electron chi connectivity index (χ3n) is 10.1. The number of nitrogens with zero attached hydrogens (tertiary/aromatic N) is 5. The highest BCUT2D eigenvalue weighted by Gasteiger charge is 2.31. The van der Waals surface area contributed by atoms with E-state index in [0.717, 1.165) is 55.6 Å². The number of para-hydroxylation sites is 1. The maximum Gasteiger partial charge on any atom is 0.416 e. The van der Waals surface area contributed by atoms with Crippen LogP contribution in [-0.2, 0) is 6.18 Å². The van der Waals surface area contributed by atoms with Crippen LogP contribution in [0.4, 0.5) is 18.9 Å². The first-order chi connectivity index (χ1) is 27.7. The first kappa shape index (κ1) is 35.0. The molecule has 0 spiro atoms. The molecule has 0 amide bonds. The Kier molecular flexibility index (Phi) is 8.53. The first-order valence-corrected chi connectivity index (χ1v) is 18.1. The lowest BCUT2D eigenvalue weighted by molar-refractivity contribution is -0.137. The van der Waals surface area contributed by atoms with Gasteiger partial charge in [-0.15, -0.1) is 0 Å². The Balaban J connectivity index is 1.40. The maximum atomic E-state index is 13.9. The first-order valence-electron chi connectivity index (χ1n) is 18.1. The quantitative estimate of drug-likeness (QED) is 0.130. The second kappa shape index (κ2) is 13.9. The minimum Gasteiger partial charge on any atom is -0.247 e. The summed E-state index contributed by atoms with van der Waals surface area (Å²) >= 11 is 0. The van der Waals surface area contributed by atoms with E-state index in [4.69, 9.17) is 21.5 Å². The Hall–Kier alpha value is -7.68. The lowest BCUT2D eigenvalue weighted by Crippen LogP contribution is -2.05. The summed E-state index contributed by atoms with van der Waals surface area (Å²) in [6.45, 7) is 9.17. The molecule has 0 unspecified atom stereocenters. The molecule has 0 radical (unpaired) electrons. The van der Waals surface area contributed by atoms with E-state index in [0.29, 0.717) is 56.1 Å². The number of nitriles is 1. The number of benzene rings is 7. The highest BCUT2D eigenvalue weighted by Crippen LogP contribution is 2.44. The van der Waals surface area contributed by atoms with Crippen LogP contribution in [0, 0.1) is 24.8 Å². The van der Waals surface area contributed by atoms with Gasteiger partial charge in [0.05, 0.1) is 57.4 Å². The van der Waals surface area contributed by atoms with E-state index >= 15 is 0 Å². The molecule has 2 heterocycles. The van der Waals surface area contributed by atoms with Gasteiger partial charge in [-0.1, -0.05) is 109 Å². The number of hydrogen-bond donors (Lipinski definition) is 0. The van der Waals surface area contributed by atoms with E-state index < -0.39 is 11.7 Å². The lowest BCUT2D eigenvalue weighted by atomic mass is 9.92. The van der Waals surface area contributed by atoms with E-state index in [1.165, 1.54) is 6.07 Å². The van der Waals surface area contributed by atoms with Crippen molar-refractivity contribution in [2.24, 2.45) is 0 Å². The highest BCUT2D eigenvalue weighted by molar-refractivity contribution is 6.24. The van der Waals surface area contributed by atoms with Crippen LogP contribution >= 0.6 is 0 Å². The summed E-state index contributed by atoms with van der Waals surface area (Å²) in [7, 11) is 0. The molecule has 9 aromatic rings. The minimum absolute atomic E-state index is 0.458. The fourth-order valence-corrected chi connectivity index (χ4v) is 7.45. The summed E-state index contributed by atoms with van der Waals surface area (Å²) in [5.41, 5.74) is 9.77. The Morgan fingerprint density at radius 2 is 1.21 bits per heavy atom. The topological polar surface area (TPSA) is 66.8 Å². The van der Waals surface area contributed by atoms with Crippen LogP contribution in [0.1, 0.15) is 16.7 Å². The Bertz CT molecular complexity index is 3120. The average molecular weight is 744 g/mol. The summed E-state index contributed by atoms with van der Waals surface area (Å²) in [5.74, 6) is 0. The van der Waals surface area contributed by atoms with Crippen LogP contribution in [0.5, 0.6) is 0 Å². The van der Waals surface area contributed by atoms with Crippen molar-refractivity contribution in [2.75, 3.05) is 0 Å². The standard InChI is InChI=1S/C49H28F3N5/c1-29-23-36(26-37(24-29)49(50,51)52)34-11-8-12-35(25-34)44-41-27-40(31-9-4-3-5-10-31)47-48(43(41)39-13-6-7-14-42(39)55-44)57-46(32-17-15-30(28-53)16-18-32)45(56-47)33-19-21-38(54-2)22-20-33/h3-27H,1H3. The zero-order valence-corrected chi connectivity index (χ0v) is 30.3. The van der Waals surface area contributed by atoms with Gasteiger partial charge in [-0.3, -0.25) is 0 Å². The van der Waals surface area contributed by atoms with E-state index in [1.807, 2.05) is 103 Å². The summed E-state index contributed by atoms with van der Waals surface area (Å²) < 4.78 is 41.7. The third-order valence-corrected chi connectivity index (χ3v) is 10.1. The van der Waals surface area contributed by atoms with Gasteiger partial charge < -0.3 is 0 Å². The number of pyridine rings is 1. The van der Waals surface area contributed by atoms with Crippen LogP contribution in [0.25, 0.3) is 93.6 Å². The molecule has 0 saturated carbocycles. The van der Waals surface area contributed by atoms with Gasteiger partial charge in [-0.2, -0.15) is 18.4 Å². The van der Waals surface area contributed by atoms with Gasteiger partial charge in [-0.25, -0.2) is 19.8 Å². The molecule has 0 fully saturated rings. The summed E-state index contributed by atoms with van der Waals surface area (Å²) in [6, 6.07) is 48.1. The van der Waals surface area contributed by atoms with E-state index in [-0.39, 0.29) is 0 Å². The van der Waals surface area contributed by atoms with Crippen molar-refractivity contribution in [3.8, 4) is 62.1 Å². The summed E-state index contributed by atoms with van der Waals surface area (Å²) in [5, 5.41) is 12.1. The third kappa shape index (κ3) is 6.40. The normalized spacial score (nSPS) is 11.5. The fraction of sp³-hybridized carbons (Fsp3) is 0.0408. The van der Waals surface area contributed by atoms with Crippen molar-refractivity contribution in [3.05, 3.63) is 180 Å². The van der Waals surface area contributed by atoms with Crippen molar-refractivity contribution in [2.45, 2.75) is 13.1 Å². The molecule has 5 nitrogen and oxygen atoms in total. The molecule has 270 valence electrons. The molecule has 9 rings (SSSR count). The van der Waals surface area contributed by atoms with Crippen molar-refractivity contribution in [3.63, 3.8) is 0 Å². The van der Waals surface area contributed by atoms with Crippen LogP contribution in [0.2, 0.25) is 0 Å². The fourth-order valence-electron chi connectivity index (χ4n) is 7.45. The Morgan fingerprint density at radius 1 is 0.561 bits per heavy atom. The van der Waals surface area contributed by atoms with Gasteiger partial charge in [0.1, 0.15) is 0 Å². The number of fused-ring (bicyclic) bond motifs is 5. The van der Waals surface area contributed by atoms with Crippen LogP contribution in [-0.4, -0.2) is 15.0 Å². The minimum atomic E-state index is -4.48. The van der Waals surface area contributed by atoms with Gasteiger partial charge in [0.25, 0.3) is 0 Å². The smallest absolute Gasteiger partial charge is 0.247 e. The Labute approximate surface area is 325 Å². The monoisotopic (exact) mass is 743 g/mol. The molecule has 0 aliphatic heterocycles. The molecule has 57 heavy (non-hydrogen) atoms. The number of hydrogen-bond acceptors (Lipinski definition) is 4. The van der Waals surface area contributed by atoms with Crippen molar-refractivity contribution < 1.29 is 13.2 Å². The molecule has 0 bridgehead atoms. The van der Waals surface area contributed by atoms with Crippen molar-refractivity contribution >= 4 is 38.4 Å². The zero-order chi connectivity index (χ0) is 39.3. The van der Waals surface area contributed by atoms with Gasteiger partial charge in [0.2, 0.25) is 0 Å². The van der Waals surface area contributed by atoms with Gasteiger partial charge >= 0.3 is 6.18 Å². The van der Waals surface area contributed by atoms with E-state index in [2.05, 4.69) is 17.0 Å². The second-order valence-corrected chi connectivity index (χ2v) is 13.8. The number of aryl methyl sites for hydroxylation is 1. The molecule has 0 aliphatic rings. The number of aromatic nitrogens is 3. The molecule has 0 atom stereocenters. The summed E-state index contributed by atoms with van der Waals surface area (Å²) in [6.07, 6.45) is -4.48. The lowest BCUT2D eigenvalue weighted by Gasteiger charge is -2.18. The van der Waals surface area contributed by atoms with Crippen LogP contribution in [0.3, 0.4) is 0 Å². The molecule has 7 aromatic carbocycles. The SMILES string of the molecule is [C-]#[N+]c1ccc(-c2nc3c(-c4ccccc4)cc4c(-c5cccc(-c6cc(C)cc(C(F)(F)F)c6)c5)nc5ccccc5c4c3nc2-c2ccc(C#N)cc2)cc1. The number of alkyl halides is 3. The van der Waals surface area contributed by atoms with E-state index in [1.54, 1.807) is 37.3 Å². The largest absolute Gasteiger partial charge is 0.416 e. The molecular formula is C49H28F3N5. The predicted octanol–water partition coefficient (Wildman–Crippen LogP) is 13.4. The highest BCUT2D eigenvalue weighted by atomic mass is 19.4.